The zero-order valence-corrected chi connectivity index (χ0v) is 57.1. The number of halogens is 2. The van der Waals surface area contributed by atoms with Gasteiger partial charge in [-0.3, -0.25) is 37.9 Å². The zero-order chi connectivity index (χ0) is 68.9. The molecule has 22 nitrogen and oxygen atoms in total. The number of rotatable bonds is 22. The van der Waals surface area contributed by atoms with Crippen LogP contribution in [0.25, 0.3) is 0 Å². The molecule has 4 aromatic carbocycles. The van der Waals surface area contributed by atoms with Gasteiger partial charge in [-0.1, -0.05) is 147 Å². The van der Waals surface area contributed by atoms with Crippen molar-refractivity contribution < 1.29 is 56.4 Å². The van der Waals surface area contributed by atoms with E-state index in [1.165, 1.54) is 38.5 Å². The largest absolute Gasteiger partial charge is 0.472 e. The van der Waals surface area contributed by atoms with Gasteiger partial charge in [0.2, 0.25) is 47.1 Å². The molecule has 2 fully saturated rings. The first-order valence-electron chi connectivity index (χ1n) is 34.7. The number of carbonyl (C=O) groups excluding carboxylic acids is 4. The second kappa shape index (κ2) is 34.9. The predicted octanol–water partition coefficient (Wildman–Crippen LogP) is 11.1. The van der Waals surface area contributed by atoms with Gasteiger partial charge in [-0.15, -0.1) is 20.4 Å². The number of aromatic nitrogens is 8. The molecule has 24 heteroatoms. The molecule has 4 aromatic heterocycles. The molecular formula is C75H92F2N12O10. The third-order valence-corrected chi connectivity index (χ3v) is 18.2. The van der Waals surface area contributed by atoms with Gasteiger partial charge in [-0.25, -0.2) is 8.78 Å². The minimum Gasteiger partial charge on any atom is -0.472 e. The topological polar surface area (TPSA) is 208 Å². The van der Waals surface area contributed by atoms with E-state index in [-0.39, 0.29) is 37.0 Å². The summed E-state index contributed by atoms with van der Waals surface area (Å²) in [5.74, 6) is 0.618. The van der Waals surface area contributed by atoms with E-state index in [0.717, 1.165) is 91.0 Å². The fraction of sp³-hybridized carbons (Fsp3) is 0.467. The van der Waals surface area contributed by atoms with Crippen molar-refractivity contribution in [3.63, 3.8) is 0 Å². The van der Waals surface area contributed by atoms with Gasteiger partial charge in [-0.2, -0.15) is 0 Å². The lowest BCUT2D eigenvalue weighted by Crippen LogP contribution is -2.41. The number of benzene rings is 4. The minimum atomic E-state index is -2.94. The molecule has 0 saturated heterocycles. The predicted molar refractivity (Wildman–Crippen MR) is 365 cm³/mol. The average Bonchev–Trinajstić information content (AvgIpc) is 1.73. The maximum atomic E-state index is 12.7. The number of fused-ring (bicyclic) bond motifs is 4. The molecular weight excluding hydrogens is 1270 g/mol. The van der Waals surface area contributed by atoms with E-state index in [4.69, 9.17) is 28.4 Å². The van der Waals surface area contributed by atoms with E-state index in [1.54, 1.807) is 20.5 Å². The first-order valence-corrected chi connectivity index (χ1v) is 34.7. The highest BCUT2D eigenvalue weighted by atomic mass is 19.3. The first-order chi connectivity index (χ1) is 48.1. The monoisotopic (exact) mass is 1360 g/mol. The van der Waals surface area contributed by atoms with Crippen molar-refractivity contribution in [2.75, 3.05) is 46.0 Å². The Morgan fingerprint density at radius 2 is 0.768 bits per heavy atom. The Balaban J connectivity index is 0.000000133. The number of hydrogen-bond donors (Lipinski definition) is 0. The van der Waals surface area contributed by atoms with E-state index in [0.29, 0.717) is 126 Å². The van der Waals surface area contributed by atoms with Gasteiger partial charge in [0.15, 0.2) is 0 Å². The highest BCUT2D eigenvalue weighted by Crippen LogP contribution is 2.31. The lowest BCUT2D eigenvalue weighted by molar-refractivity contribution is -0.141. The van der Waals surface area contributed by atoms with Crippen LogP contribution >= 0.6 is 0 Å². The van der Waals surface area contributed by atoms with E-state index in [9.17, 15) is 28.0 Å². The summed E-state index contributed by atoms with van der Waals surface area (Å²) >= 11 is 0. The minimum absolute atomic E-state index is 0.0166. The van der Waals surface area contributed by atoms with E-state index >= 15 is 0 Å². The summed E-state index contributed by atoms with van der Waals surface area (Å²) in [6.07, 6.45) is 10.3. The average molecular weight is 1360 g/mol. The maximum absolute atomic E-state index is 12.7. The normalized spacial score (nSPS) is 15.8. The van der Waals surface area contributed by atoms with Crippen LogP contribution in [0.5, 0.6) is 23.5 Å². The van der Waals surface area contributed by atoms with Crippen molar-refractivity contribution in [3.8, 4) is 23.5 Å². The lowest BCUT2D eigenvalue weighted by atomic mass is 10.0. The van der Waals surface area contributed by atoms with Crippen LogP contribution in [0.4, 0.5) is 8.78 Å². The van der Waals surface area contributed by atoms with Gasteiger partial charge in [0, 0.05) is 69.7 Å². The van der Waals surface area contributed by atoms with Gasteiger partial charge in [-0.05, 0) is 67.7 Å². The molecule has 526 valence electrons. The summed E-state index contributed by atoms with van der Waals surface area (Å²) in [5, 5.41) is 17.9. The molecule has 4 amide bonds. The van der Waals surface area contributed by atoms with Gasteiger partial charge in [0.05, 0.1) is 81.2 Å². The summed E-state index contributed by atoms with van der Waals surface area (Å²) in [6.45, 7) is 13.1. The van der Waals surface area contributed by atoms with Crippen LogP contribution in [0.3, 0.4) is 0 Å². The van der Waals surface area contributed by atoms with Crippen LogP contribution < -0.4 is 18.9 Å². The molecule has 14 rings (SSSR count). The van der Waals surface area contributed by atoms with Crippen LogP contribution in [0.1, 0.15) is 124 Å². The van der Waals surface area contributed by atoms with Crippen molar-refractivity contribution >= 4 is 23.6 Å². The van der Waals surface area contributed by atoms with Gasteiger partial charge in [0.25, 0.3) is 5.92 Å². The first kappa shape index (κ1) is 70.9. The molecule has 99 heavy (non-hydrogen) atoms. The van der Waals surface area contributed by atoms with Gasteiger partial charge >= 0.3 is 0 Å². The number of alkyl halides is 2. The van der Waals surface area contributed by atoms with Crippen molar-refractivity contribution in [2.45, 2.75) is 169 Å². The smallest absolute Gasteiger partial charge is 0.268 e. The van der Waals surface area contributed by atoms with Crippen molar-refractivity contribution in [3.05, 3.63) is 191 Å². The molecule has 0 atom stereocenters. The molecule has 0 bridgehead atoms. The van der Waals surface area contributed by atoms with Crippen molar-refractivity contribution in [2.24, 2.45) is 11.8 Å². The summed E-state index contributed by atoms with van der Waals surface area (Å²) in [7, 11) is 0. The molecule has 0 radical (unpaired) electrons. The summed E-state index contributed by atoms with van der Waals surface area (Å²) in [4.78, 5) is 56.8. The lowest BCUT2D eigenvalue weighted by Gasteiger charge is -2.29. The third kappa shape index (κ3) is 21.3. The summed E-state index contributed by atoms with van der Waals surface area (Å²) < 4.78 is 66.4. The van der Waals surface area contributed by atoms with Crippen LogP contribution in [0.2, 0.25) is 0 Å². The fourth-order valence-electron chi connectivity index (χ4n) is 12.8. The molecule has 2 saturated carbocycles. The Bertz CT molecular complexity index is 3850. The quantitative estimate of drug-likeness (QED) is 0.0619. The molecule has 0 spiro atoms. The Hall–Kier alpha value is -9.42. The molecule has 0 unspecified atom stereocenters. The summed E-state index contributed by atoms with van der Waals surface area (Å²) in [6, 6.07) is 47.6. The van der Waals surface area contributed by atoms with E-state index in [1.807, 2.05) is 177 Å². The molecule has 8 aromatic rings. The van der Waals surface area contributed by atoms with E-state index < -0.39 is 12.5 Å². The zero-order valence-electron chi connectivity index (χ0n) is 57.1. The molecule has 0 N–H and O–H groups in total. The molecule has 8 heterocycles. The highest BCUT2D eigenvalue weighted by molar-refractivity contribution is 5.79. The van der Waals surface area contributed by atoms with E-state index in [2.05, 4.69) is 20.4 Å². The molecule has 4 aliphatic heterocycles. The number of ether oxygens (including phenoxy) is 6. The number of nitrogens with zero attached hydrogens (tertiary/aromatic N) is 12. The van der Waals surface area contributed by atoms with Crippen LogP contribution in [0.15, 0.2) is 146 Å². The van der Waals surface area contributed by atoms with Gasteiger partial charge in [0.1, 0.15) is 46.2 Å². The maximum Gasteiger partial charge on any atom is 0.268 e. The Morgan fingerprint density at radius 1 is 0.444 bits per heavy atom. The Labute approximate surface area is 577 Å². The number of amides is 4. The molecule has 6 aliphatic rings. The molecule has 2 aliphatic carbocycles. The highest BCUT2D eigenvalue weighted by Gasteiger charge is 2.32. The van der Waals surface area contributed by atoms with Crippen molar-refractivity contribution in [1.29, 1.82) is 0 Å². The van der Waals surface area contributed by atoms with Gasteiger partial charge < -0.3 is 48.0 Å². The standard InChI is InChI=1S/C20H25N3O2.C19H23N3O2.C18H21F2N3O3.C18H23N3O3/c24-20(12-16-6-4-5-7-16)22-10-11-23-18(14-22)13-19(21-23)25-15-17-8-2-1-3-9-17;23-19(16-8-4-5-9-16)21-10-11-22-17(13-21)12-18(20-22)24-14-15-6-2-1-3-7-15;1-18(19,20)13-25-12-17(24)22-7-8-23-15(10-22)9-16(21-23)26-11-14-5-3-2-4-6-14;1-14(2)23-13-18(22)20-8-9-21-16(11-20)10-17(19-21)24-12-15-6-4-3-5-7-15/h1-3,8-9,13,16H,4-7,10-12,14-15H2;1-3,6-7,12,16H,4-5,8-11,13-14H2;2-6,9H,7-8,10-13H2,1H3;3-7,10,14H,8-9,11-13H2,1-2H3. The number of carbonyl (C=O) groups is 4. The fourth-order valence-corrected chi connectivity index (χ4v) is 12.8. The van der Waals surface area contributed by atoms with Crippen LogP contribution in [0, 0.1) is 11.8 Å². The van der Waals surface area contributed by atoms with Crippen molar-refractivity contribution in [1.82, 2.24) is 58.7 Å². The number of hydrogen-bond acceptors (Lipinski definition) is 14. The third-order valence-electron chi connectivity index (χ3n) is 18.2. The second-order valence-electron chi connectivity index (χ2n) is 26.3. The van der Waals surface area contributed by atoms with Crippen LogP contribution in [-0.4, -0.2) is 140 Å². The Kier molecular flexibility index (Phi) is 25.0. The SMILES string of the molecule is CC(C)OCC(=O)N1CCn2nc(OCc3ccccc3)cc2C1.CC(F)(F)COCC(=O)N1CCn2nc(OCc3ccccc3)cc2C1.O=C(C1CCCC1)N1CCn2nc(OCc3ccccc3)cc2C1.O=C(CC1CCCC1)N1CCn2nc(OCc3ccccc3)cc2C1. The second-order valence-corrected chi connectivity index (χ2v) is 26.3. The Morgan fingerprint density at radius 3 is 1.12 bits per heavy atom. The summed E-state index contributed by atoms with van der Waals surface area (Å²) in [5.41, 5.74) is 8.36. The van der Waals surface area contributed by atoms with Crippen LogP contribution in [-0.2, 0) is 107 Å².